The number of rotatable bonds is 5. The second-order valence-electron chi connectivity index (χ2n) is 3.99. The summed E-state index contributed by atoms with van der Waals surface area (Å²) in [5, 5.41) is 0. The lowest BCUT2D eigenvalue weighted by Gasteiger charge is -2.23. The first-order valence-corrected chi connectivity index (χ1v) is 5.20. The van der Waals surface area contributed by atoms with Crippen molar-refractivity contribution in [2.24, 2.45) is 12.9 Å². The molecule has 3 N–H and O–H groups in total. The number of nitrogens with one attached hydrogen (secondary N) is 1. The largest absolute Gasteiger partial charge is 0.337 e. The van der Waals surface area contributed by atoms with E-state index in [0.29, 0.717) is 13.0 Å². The maximum absolute atomic E-state index is 11.1. The summed E-state index contributed by atoms with van der Waals surface area (Å²) in [6.07, 6.45) is 4.05. The van der Waals surface area contributed by atoms with E-state index in [2.05, 4.69) is 15.3 Å². The summed E-state index contributed by atoms with van der Waals surface area (Å²) >= 11 is 0. The molecule has 0 bridgehead atoms. The number of amides is 1. The maximum atomic E-state index is 11.1. The van der Waals surface area contributed by atoms with Crippen molar-refractivity contribution in [3.63, 3.8) is 0 Å². The van der Waals surface area contributed by atoms with Gasteiger partial charge in [0.1, 0.15) is 5.82 Å². The number of hydrogen-bond donors (Lipinski definition) is 2. The number of hydrazine groups is 1. The van der Waals surface area contributed by atoms with E-state index in [1.807, 2.05) is 31.8 Å². The Morgan fingerprint density at radius 3 is 2.94 bits per heavy atom. The fraction of sp³-hybridized carbons (Fsp3) is 0.600. The second-order valence-corrected chi connectivity index (χ2v) is 3.99. The van der Waals surface area contributed by atoms with E-state index in [9.17, 15) is 4.79 Å². The molecule has 0 aliphatic carbocycles. The smallest absolute Gasteiger partial charge is 0.235 e. The third-order valence-electron chi connectivity index (χ3n) is 2.71. The molecule has 0 spiro atoms. The van der Waals surface area contributed by atoms with Gasteiger partial charge in [0, 0.05) is 31.9 Å². The van der Waals surface area contributed by atoms with Crippen LogP contribution < -0.4 is 11.3 Å². The Hall–Kier alpha value is -1.40. The molecule has 0 aliphatic heterocycles. The van der Waals surface area contributed by atoms with Crippen molar-refractivity contribution >= 4 is 5.91 Å². The van der Waals surface area contributed by atoms with Crippen LogP contribution in [0.1, 0.15) is 19.2 Å². The quantitative estimate of drug-likeness (QED) is 0.407. The number of aryl methyl sites for hydroxylation is 1. The molecule has 1 aromatic rings. The fourth-order valence-corrected chi connectivity index (χ4v) is 1.41. The predicted molar refractivity (Wildman–Crippen MR) is 61.1 cm³/mol. The Bertz CT molecular complexity index is 349. The number of nitrogens with zero attached hydrogens (tertiary/aromatic N) is 3. The van der Waals surface area contributed by atoms with E-state index >= 15 is 0 Å². The van der Waals surface area contributed by atoms with Gasteiger partial charge in [0.05, 0.1) is 6.54 Å². The first-order valence-electron chi connectivity index (χ1n) is 5.20. The lowest BCUT2D eigenvalue weighted by atomic mass is 10.2. The molecular formula is C10H19N5O. The molecule has 0 fully saturated rings. The Balaban J connectivity index is 2.49. The molecule has 1 unspecified atom stereocenters. The number of aromatic nitrogens is 2. The molecule has 0 radical (unpaired) electrons. The third kappa shape index (κ3) is 3.32. The van der Waals surface area contributed by atoms with Crippen LogP contribution in [-0.2, 0) is 18.4 Å². The molecule has 90 valence electrons. The zero-order chi connectivity index (χ0) is 12.1. The number of carbonyl (C=O) groups is 1. The minimum absolute atomic E-state index is 0.125. The van der Waals surface area contributed by atoms with E-state index in [1.165, 1.54) is 0 Å². The summed E-state index contributed by atoms with van der Waals surface area (Å²) in [4.78, 5) is 17.4. The van der Waals surface area contributed by atoms with Crippen LogP contribution in [-0.4, -0.2) is 33.4 Å². The van der Waals surface area contributed by atoms with Gasteiger partial charge in [-0.05, 0) is 14.0 Å². The number of hydrogen-bond acceptors (Lipinski definition) is 4. The van der Waals surface area contributed by atoms with Crippen molar-refractivity contribution in [2.45, 2.75) is 25.9 Å². The Morgan fingerprint density at radius 1 is 1.75 bits per heavy atom. The summed E-state index contributed by atoms with van der Waals surface area (Å²) < 4.78 is 1.96. The molecule has 16 heavy (non-hydrogen) atoms. The van der Waals surface area contributed by atoms with Crippen LogP contribution in [0.3, 0.4) is 0 Å². The van der Waals surface area contributed by atoms with Gasteiger partial charge in [-0.1, -0.05) is 0 Å². The zero-order valence-electron chi connectivity index (χ0n) is 9.97. The first kappa shape index (κ1) is 12.7. The van der Waals surface area contributed by atoms with Gasteiger partial charge in [-0.15, -0.1) is 0 Å². The van der Waals surface area contributed by atoms with Crippen LogP contribution in [0.25, 0.3) is 0 Å². The summed E-state index contributed by atoms with van der Waals surface area (Å²) in [7, 11) is 3.91. The average Bonchev–Trinajstić information content (AvgIpc) is 2.64. The highest BCUT2D eigenvalue weighted by Gasteiger charge is 2.14. The van der Waals surface area contributed by atoms with E-state index in [0.717, 1.165) is 5.82 Å². The van der Waals surface area contributed by atoms with Gasteiger partial charge in [-0.3, -0.25) is 15.1 Å². The van der Waals surface area contributed by atoms with Crippen molar-refractivity contribution in [3.8, 4) is 0 Å². The highest BCUT2D eigenvalue weighted by atomic mass is 16.2. The molecule has 6 nitrogen and oxygen atoms in total. The van der Waals surface area contributed by atoms with Gasteiger partial charge < -0.3 is 4.57 Å². The van der Waals surface area contributed by atoms with Crippen LogP contribution >= 0.6 is 0 Å². The summed E-state index contributed by atoms with van der Waals surface area (Å²) in [6, 6.07) is 0.125. The zero-order valence-corrected chi connectivity index (χ0v) is 9.97. The molecular weight excluding hydrogens is 206 g/mol. The molecule has 0 aliphatic rings. The molecule has 1 rings (SSSR count). The molecule has 1 aromatic heterocycles. The predicted octanol–water partition coefficient (Wildman–Crippen LogP) is -0.380. The van der Waals surface area contributed by atoms with Gasteiger partial charge in [-0.2, -0.15) is 0 Å². The Kier molecular flexibility index (Phi) is 4.45. The van der Waals surface area contributed by atoms with Crippen molar-refractivity contribution in [1.82, 2.24) is 19.9 Å². The van der Waals surface area contributed by atoms with Crippen molar-refractivity contribution < 1.29 is 4.79 Å². The minimum Gasteiger partial charge on any atom is -0.337 e. The number of imidazole rings is 1. The molecule has 1 atom stereocenters. The standard InChI is InChI=1S/C10H19N5O/c1-8(6-10(16)13-11)15(3)7-9-12-4-5-14(9)2/h4-5,8H,6-7,11H2,1-3H3,(H,13,16). The van der Waals surface area contributed by atoms with Crippen LogP contribution in [0.2, 0.25) is 0 Å². The van der Waals surface area contributed by atoms with E-state index < -0.39 is 0 Å². The van der Waals surface area contributed by atoms with Crippen LogP contribution in [0, 0.1) is 0 Å². The van der Waals surface area contributed by atoms with Crippen LogP contribution in [0.4, 0.5) is 0 Å². The van der Waals surface area contributed by atoms with Crippen molar-refractivity contribution in [3.05, 3.63) is 18.2 Å². The van der Waals surface area contributed by atoms with Gasteiger partial charge in [-0.25, -0.2) is 10.8 Å². The normalized spacial score (nSPS) is 12.8. The van der Waals surface area contributed by atoms with Gasteiger partial charge >= 0.3 is 0 Å². The van der Waals surface area contributed by atoms with Gasteiger partial charge in [0.15, 0.2) is 0 Å². The van der Waals surface area contributed by atoms with Crippen LogP contribution in [0.15, 0.2) is 12.4 Å². The average molecular weight is 225 g/mol. The van der Waals surface area contributed by atoms with Gasteiger partial charge in [0.25, 0.3) is 0 Å². The highest BCUT2D eigenvalue weighted by molar-refractivity contribution is 5.75. The SMILES string of the molecule is CC(CC(=O)NN)N(C)Cc1nccn1C. The van der Waals surface area contributed by atoms with E-state index in [1.54, 1.807) is 6.20 Å². The summed E-state index contributed by atoms with van der Waals surface area (Å²) in [5.74, 6) is 5.87. The lowest BCUT2D eigenvalue weighted by Crippen LogP contribution is -2.37. The molecule has 0 aromatic carbocycles. The number of nitrogens with two attached hydrogens (primary N) is 1. The third-order valence-corrected chi connectivity index (χ3v) is 2.71. The van der Waals surface area contributed by atoms with Crippen molar-refractivity contribution in [2.75, 3.05) is 7.05 Å². The van der Waals surface area contributed by atoms with Crippen LogP contribution in [0.5, 0.6) is 0 Å². The molecule has 6 heteroatoms. The lowest BCUT2D eigenvalue weighted by molar-refractivity contribution is -0.122. The molecule has 0 saturated carbocycles. The minimum atomic E-state index is -0.154. The maximum Gasteiger partial charge on any atom is 0.235 e. The first-order chi connectivity index (χ1) is 7.54. The van der Waals surface area contributed by atoms with E-state index in [4.69, 9.17) is 5.84 Å². The topological polar surface area (TPSA) is 76.2 Å². The van der Waals surface area contributed by atoms with Crippen molar-refractivity contribution in [1.29, 1.82) is 0 Å². The summed E-state index contributed by atoms with van der Waals surface area (Å²) in [6.45, 7) is 2.70. The highest BCUT2D eigenvalue weighted by Crippen LogP contribution is 2.06. The summed E-state index contributed by atoms with van der Waals surface area (Å²) in [5.41, 5.74) is 2.13. The molecule has 0 saturated heterocycles. The van der Waals surface area contributed by atoms with Gasteiger partial charge in [0.2, 0.25) is 5.91 Å². The molecule has 1 heterocycles. The second kappa shape index (κ2) is 5.62. The fourth-order valence-electron chi connectivity index (χ4n) is 1.41. The Labute approximate surface area is 95.4 Å². The number of carbonyl (C=O) groups excluding carboxylic acids is 1. The van der Waals surface area contributed by atoms with E-state index in [-0.39, 0.29) is 11.9 Å². The molecule has 1 amide bonds. The Morgan fingerprint density at radius 2 is 2.44 bits per heavy atom. The monoisotopic (exact) mass is 225 g/mol.